The van der Waals surface area contributed by atoms with E-state index in [1.54, 1.807) is 0 Å². The molecule has 0 aromatic carbocycles. The molecule has 0 rings (SSSR count). The van der Waals surface area contributed by atoms with Crippen LogP contribution in [0, 0.1) is 0 Å². The van der Waals surface area contributed by atoms with Crippen LogP contribution in [0.4, 0.5) is 0 Å². The van der Waals surface area contributed by atoms with Crippen LogP contribution in [0.15, 0.2) is 0 Å². The van der Waals surface area contributed by atoms with Crippen molar-refractivity contribution in [2.75, 3.05) is 6.61 Å². The van der Waals surface area contributed by atoms with E-state index in [-0.39, 0.29) is 0 Å². The Kier molecular flexibility index (Phi) is 9.81. The molecule has 1 unspecified atom stereocenters. The highest BCUT2D eigenvalue weighted by molar-refractivity contribution is 9.27. The van der Waals surface area contributed by atoms with E-state index in [2.05, 4.69) is 22.2 Å². The zero-order valence-corrected chi connectivity index (χ0v) is 12.7. The van der Waals surface area contributed by atoms with Crippen LogP contribution < -0.4 is 0 Å². The van der Waals surface area contributed by atoms with Crippen molar-refractivity contribution in [2.24, 2.45) is 0 Å². The van der Waals surface area contributed by atoms with Crippen LogP contribution in [-0.4, -0.2) is 12.9 Å². The molecule has 0 N–H and O–H groups in total. The summed E-state index contributed by atoms with van der Waals surface area (Å²) in [5.41, 5.74) is 0. The monoisotopic (exact) mass is 300 g/mol. The second-order valence-corrected chi connectivity index (χ2v) is 12.7. The van der Waals surface area contributed by atoms with Crippen molar-refractivity contribution in [1.82, 2.24) is 0 Å². The molecule has 0 saturated carbocycles. The minimum Gasteiger partial charge on any atom is -0.396 e. The summed E-state index contributed by atoms with van der Waals surface area (Å²) in [6, 6.07) is 1.02. The van der Waals surface area contributed by atoms with Gasteiger partial charge in [-0.15, -0.1) is 11.1 Å². The summed E-state index contributed by atoms with van der Waals surface area (Å²) in [7, 11) is 0. The van der Waals surface area contributed by atoms with E-state index < -0.39 is 6.25 Å². The Bertz CT molecular complexity index is 133. The molecule has 1 nitrogen and oxygen atoms in total. The Hall–Kier alpha value is 0.947. The number of hydrogen-bond acceptors (Lipinski definition) is 1. The minimum absolute atomic E-state index is 0.719. The molecule has 0 aliphatic rings. The number of unbranched alkanes of at least 4 members (excludes halogenated alkanes) is 5. The summed E-state index contributed by atoms with van der Waals surface area (Å²) in [5, 5.41) is 0. The third-order valence-corrected chi connectivity index (χ3v) is 6.59. The van der Waals surface area contributed by atoms with E-state index >= 15 is 0 Å². The number of hydrogen-bond donors (Lipinski definition) is 0. The summed E-state index contributed by atoms with van der Waals surface area (Å²) in [5.74, 6) is 0. The van der Waals surface area contributed by atoms with Crippen molar-refractivity contribution >= 4 is 32.6 Å². The summed E-state index contributed by atoms with van der Waals surface area (Å²) in [4.78, 5) is 0. The predicted octanol–water partition coefficient (Wildman–Crippen LogP) is 4.96. The lowest BCUT2D eigenvalue weighted by Crippen LogP contribution is -2.23. The molecule has 0 bridgehead atoms. The minimum atomic E-state index is -1.99. The first-order chi connectivity index (χ1) is 6.62. The topological polar surface area (TPSA) is 9.23 Å². The van der Waals surface area contributed by atoms with Crippen molar-refractivity contribution in [3.8, 4) is 0 Å². The molecule has 0 aliphatic heterocycles. The van der Waals surface area contributed by atoms with Crippen molar-refractivity contribution in [3.05, 3.63) is 0 Å². The molecule has 0 heterocycles. The highest BCUT2D eigenvalue weighted by Crippen LogP contribution is 2.27. The lowest BCUT2D eigenvalue weighted by Gasteiger charge is -2.16. The van der Waals surface area contributed by atoms with Gasteiger partial charge >= 0.3 is 6.25 Å². The summed E-state index contributed by atoms with van der Waals surface area (Å²) >= 11 is 9.72. The zero-order chi connectivity index (χ0) is 10.9. The maximum absolute atomic E-state index is 6.21. The van der Waals surface area contributed by atoms with Gasteiger partial charge in [0.05, 0.1) is 0 Å². The van der Waals surface area contributed by atoms with Crippen LogP contribution in [-0.2, 0) is 4.43 Å². The van der Waals surface area contributed by atoms with Gasteiger partial charge in [-0.05, 0) is 13.0 Å². The Labute approximate surface area is 102 Å². The van der Waals surface area contributed by atoms with Gasteiger partial charge in [0.1, 0.15) is 0 Å². The van der Waals surface area contributed by atoms with Crippen molar-refractivity contribution in [2.45, 2.75) is 58.4 Å². The average Bonchev–Trinajstić information content (AvgIpc) is 2.11. The molecule has 0 aromatic rings. The fourth-order valence-corrected chi connectivity index (χ4v) is 4.88. The van der Waals surface area contributed by atoms with Crippen molar-refractivity contribution in [1.29, 1.82) is 0 Å². The molecule has 0 fully saturated rings. The number of rotatable bonds is 9. The van der Waals surface area contributed by atoms with Gasteiger partial charge in [0, 0.05) is 6.61 Å². The second kappa shape index (κ2) is 9.19. The first kappa shape index (κ1) is 14.9. The Balaban J connectivity index is 3.26. The lowest BCUT2D eigenvalue weighted by molar-refractivity contribution is 0.349. The van der Waals surface area contributed by atoms with Gasteiger partial charge in [-0.2, -0.15) is 0 Å². The summed E-state index contributed by atoms with van der Waals surface area (Å²) in [6.45, 7) is 4.95. The van der Waals surface area contributed by atoms with Gasteiger partial charge in [-0.1, -0.05) is 60.7 Å². The highest BCUT2D eigenvalue weighted by atomic mass is 79.9. The fourth-order valence-electron chi connectivity index (χ4n) is 1.39. The maximum Gasteiger partial charge on any atom is 0.362 e. The molecule has 0 radical (unpaired) electrons. The van der Waals surface area contributed by atoms with Gasteiger partial charge in [0.2, 0.25) is 0 Å². The predicted molar refractivity (Wildman–Crippen MR) is 70.3 cm³/mol. The van der Waals surface area contributed by atoms with E-state index in [1.165, 1.54) is 38.5 Å². The van der Waals surface area contributed by atoms with Crippen LogP contribution in [0.3, 0.4) is 0 Å². The Morgan fingerprint density at radius 1 is 1.07 bits per heavy atom. The Morgan fingerprint density at radius 2 is 1.64 bits per heavy atom. The largest absolute Gasteiger partial charge is 0.396 e. The van der Waals surface area contributed by atoms with Gasteiger partial charge in [0.15, 0.2) is 0 Å². The third-order valence-electron chi connectivity index (χ3n) is 2.18. The van der Waals surface area contributed by atoms with Crippen molar-refractivity contribution in [3.63, 3.8) is 0 Å². The molecule has 0 spiro atoms. The fraction of sp³-hybridized carbons (Fsp3) is 1.00. The molecule has 0 saturated heterocycles. The molecular weight excluding hydrogens is 280 g/mol. The van der Waals surface area contributed by atoms with E-state index in [0.717, 1.165) is 12.7 Å². The molecule has 1 atom stereocenters. The smallest absolute Gasteiger partial charge is 0.362 e. The van der Waals surface area contributed by atoms with E-state index in [1.807, 2.05) is 6.92 Å². The molecular formula is C10H22BrClOSi. The van der Waals surface area contributed by atoms with Crippen LogP contribution in [0.25, 0.3) is 0 Å². The van der Waals surface area contributed by atoms with Gasteiger partial charge in [-0.25, -0.2) is 0 Å². The first-order valence-electron chi connectivity index (χ1n) is 5.64. The van der Waals surface area contributed by atoms with Crippen LogP contribution >= 0.6 is 26.4 Å². The maximum atomic E-state index is 6.21. The summed E-state index contributed by atoms with van der Waals surface area (Å²) in [6.07, 6.45) is 5.89. The average molecular weight is 302 g/mol. The van der Waals surface area contributed by atoms with E-state index in [4.69, 9.17) is 15.5 Å². The third kappa shape index (κ3) is 9.50. The van der Waals surface area contributed by atoms with Gasteiger partial charge in [-0.3, -0.25) is 0 Å². The zero-order valence-electron chi connectivity index (χ0n) is 9.32. The molecule has 0 amide bonds. The molecule has 0 aromatic heterocycles. The van der Waals surface area contributed by atoms with Gasteiger partial charge in [0.25, 0.3) is 0 Å². The number of halogens is 2. The first-order valence-corrected chi connectivity index (χ1v) is 11.0. The van der Waals surface area contributed by atoms with E-state index in [0.29, 0.717) is 0 Å². The molecule has 86 valence electrons. The Morgan fingerprint density at radius 3 is 2.21 bits per heavy atom. The van der Waals surface area contributed by atoms with Gasteiger partial charge < -0.3 is 4.43 Å². The van der Waals surface area contributed by atoms with E-state index in [9.17, 15) is 0 Å². The highest BCUT2D eigenvalue weighted by Gasteiger charge is 2.27. The van der Waals surface area contributed by atoms with Crippen LogP contribution in [0.5, 0.6) is 0 Å². The van der Waals surface area contributed by atoms with Crippen LogP contribution in [0.1, 0.15) is 52.4 Å². The van der Waals surface area contributed by atoms with Crippen LogP contribution in [0.2, 0.25) is 6.04 Å². The standard InChI is InChI=1S/C10H22BrClOSi/c1-3-5-6-7-8-9-10-14(11,12)13-4-2/h3-10H2,1-2H3. The normalized spacial score (nSPS) is 15.4. The second-order valence-electron chi connectivity index (χ2n) is 3.59. The quantitative estimate of drug-likeness (QED) is 0.332. The molecule has 4 heteroatoms. The molecule has 14 heavy (non-hydrogen) atoms. The lowest BCUT2D eigenvalue weighted by atomic mass is 10.1. The van der Waals surface area contributed by atoms with Crippen molar-refractivity contribution < 1.29 is 4.43 Å². The SMILES string of the molecule is CCCCCCCC[Si](Cl)(Br)OCC. The molecule has 0 aliphatic carbocycles. The summed E-state index contributed by atoms with van der Waals surface area (Å²) < 4.78 is 5.48.